The van der Waals surface area contributed by atoms with Gasteiger partial charge in [-0.3, -0.25) is 9.78 Å². The van der Waals surface area contributed by atoms with E-state index in [1.165, 1.54) is 17.8 Å². The van der Waals surface area contributed by atoms with Crippen LogP contribution in [0, 0.1) is 0 Å². The van der Waals surface area contributed by atoms with Gasteiger partial charge in [0.05, 0.1) is 22.4 Å². The van der Waals surface area contributed by atoms with E-state index in [0.29, 0.717) is 17.3 Å². The molecule has 1 aromatic carbocycles. The van der Waals surface area contributed by atoms with Gasteiger partial charge in [-0.1, -0.05) is 19.9 Å². The molecule has 3 N–H and O–H groups in total. The van der Waals surface area contributed by atoms with E-state index in [1.807, 2.05) is 18.2 Å². The van der Waals surface area contributed by atoms with Crippen LogP contribution in [-0.4, -0.2) is 36.8 Å². The molecule has 2 atom stereocenters. The molecule has 0 saturated carbocycles. The summed E-state index contributed by atoms with van der Waals surface area (Å²) in [5.41, 5.74) is 3.41. The Hall–Kier alpha value is -2.29. The van der Waals surface area contributed by atoms with E-state index in [1.54, 1.807) is 13.0 Å². The Kier molecular flexibility index (Phi) is 6.66. The van der Waals surface area contributed by atoms with Crippen molar-refractivity contribution in [2.45, 2.75) is 50.2 Å². The number of aliphatic hydroxyl groups excluding tert-OH is 1. The second-order valence-corrected chi connectivity index (χ2v) is 9.39. The van der Waals surface area contributed by atoms with Crippen LogP contribution < -0.4 is 10.6 Å². The van der Waals surface area contributed by atoms with Gasteiger partial charge >= 0.3 is 0 Å². The summed E-state index contributed by atoms with van der Waals surface area (Å²) in [7, 11) is -3.34. The number of benzene rings is 1. The molecule has 0 bridgehead atoms. The van der Waals surface area contributed by atoms with Gasteiger partial charge in [-0.25, -0.2) is 8.42 Å². The molecular weight excluding hydrogens is 390 g/mol. The average molecular weight is 418 g/mol. The first-order valence-electron chi connectivity index (χ1n) is 9.86. The standard InChI is InChI=1S/C21H27N3O4S/c1-3-18-17-7-5-14(11-15(17)12-22-18)21(26)24-20(9-10-25)19-8-6-16(13-23-19)29(27,28)4-2/h5-8,11,13,18,20,22,25H,3-4,9-10,12H2,1-2H3,(H,24,26)/t18-,20-/m0/s1. The van der Waals surface area contributed by atoms with E-state index in [2.05, 4.69) is 22.5 Å². The highest BCUT2D eigenvalue weighted by molar-refractivity contribution is 7.91. The van der Waals surface area contributed by atoms with E-state index in [-0.39, 0.29) is 29.6 Å². The molecule has 3 rings (SSSR count). The summed E-state index contributed by atoms with van der Waals surface area (Å²) in [5, 5.41) is 15.7. The maximum Gasteiger partial charge on any atom is 0.251 e. The molecule has 1 aliphatic rings. The molecule has 2 aromatic rings. The van der Waals surface area contributed by atoms with Gasteiger partial charge in [-0.15, -0.1) is 0 Å². The lowest BCUT2D eigenvalue weighted by atomic mass is 10.00. The number of carbonyl (C=O) groups excluding carboxylic acids is 1. The number of aromatic nitrogens is 1. The lowest BCUT2D eigenvalue weighted by Gasteiger charge is -2.18. The smallest absolute Gasteiger partial charge is 0.251 e. The van der Waals surface area contributed by atoms with Crippen molar-refractivity contribution >= 4 is 15.7 Å². The van der Waals surface area contributed by atoms with Gasteiger partial charge in [0.25, 0.3) is 5.91 Å². The summed E-state index contributed by atoms with van der Waals surface area (Å²) in [6.45, 7) is 4.31. The van der Waals surface area contributed by atoms with E-state index in [9.17, 15) is 18.3 Å². The highest BCUT2D eigenvalue weighted by atomic mass is 32.2. The van der Waals surface area contributed by atoms with Crippen molar-refractivity contribution in [1.29, 1.82) is 0 Å². The fraction of sp³-hybridized carbons (Fsp3) is 0.429. The van der Waals surface area contributed by atoms with Gasteiger partial charge in [-0.2, -0.15) is 0 Å². The van der Waals surface area contributed by atoms with Gasteiger partial charge in [0.15, 0.2) is 9.84 Å². The maximum atomic E-state index is 12.8. The van der Waals surface area contributed by atoms with Gasteiger partial charge in [-0.05, 0) is 48.2 Å². The van der Waals surface area contributed by atoms with Crippen molar-refractivity contribution in [2.24, 2.45) is 0 Å². The van der Waals surface area contributed by atoms with Gasteiger partial charge in [0.2, 0.25) is 0 Å². The van der Waals surface area contributed by atoms with Crippen molar-refractivity contribution in [3.05, 3.63) is 58.9 Å². The van der Waals surface area contributed by atoms with E-state index in [0.717, 1.165) is 18.5 Å². The number of amides is 1. The van der Waals surface area contributed by atoms with Crippen LogP contribution in [0.4, 0.5) is 0 Å². The first-order valence-corrected chi connectivity index (χ1v) is 11.5. The second kappa shape index (κ2) is 9.02. The monoisotopic (exact) mass is 417 g/mol. The number of rotatable bonds is 8. The van der Waals surface area contributed by atoms with Crippen LogP contribution in [0.5, 0.6) is 0 Å². The average Bonchev–Trinajstić information content (AvgIpc) is 3.15. The zero-order chi connectivity index (χ0) is 21.0. The Morgan fingerprint density at radius 2 is 2.10 bits per heavy atom. The lowest BCUT2D eigenvalue weighted by molar-refractivity contribution is 0.0928. The third-order valence-electron chi connectivity index (χ3n) is 5.31. The van der Waals surface area contributed by atoms with Crippen molar-refractivity contribution in [1.82, 2.24) is 15.6 Å². The van der Waals surface area contributed by atoms with Gasteiger partial charge in [0, 0.05) is 31.0 Å². The summed E-state index contributed by atoms with van der Waals surface area (Å²) in [6.07, 6.45) is 2.58. The molecule has 0 saturated heterocycles. The molecule has 1 aromatic heterocycles. The predicted octanol–water partition coefficient (Wildman–Crippen LogP) is 2.28. The first-order chi connectivity index (χ1) is 13.9. The summed E-state index contributed by atoms with van der Waals surface area (Å²) >= 11 is 0. The normalized spacial score (nSPS) is 17.0. The van der Waals surface area contributed by atoms with E-state index < -0.39 is 15.9 Å². The molecule has 2 heterocycles. The van der Waals surface area contributed by atoms with Gasteiger partial charge in [0.1, 0.15) is 0 Å². The Morgan fingerprint density at radius 3 is 2.72 bits per heavy atom. The number of hydrogen-bond acceptors (Lipinski definition) is 6. The summed E-state index contributed by atoms with van der Waals surface area (Å²) < 4.78 is 23.9. The third kappa shape index (κ3) is 4.66. The molecule has 1 amide bonds. The van der Waals surface area contributed by atoms with Crippen LogP contribution in [0.1, 0.15) is 66.0 Å². The number of sulfone groups is 1. The zero-order valence-corrected chi connectivity index (χ0v) is 17.5. The van der Waals surface area contributed by atoms with Crippen LogP contribution in [0.2, 0.25) is 0 Å². The molecule has 1 aliphatic heterocycles. The van der Waals surface area contributed by atoms with E-state index in [4.69, 9.17) is 0 Å². The van der Waals surface area contributed by atoms with Gasteiger partial charge < -0.3 is 15.7 Å². The number of fused-ring (bicyclic) bond motifs is 1. The third-order valence-corrected chi connectivity index (χ3v) is 7.03. The predicted molar refractivity (Wildman–Crippen MR) is 110 cm³/mol. The molecule has 0 unspecified atom stereocenters. The van der Waals surface area contributed by atoms with Crippen LogP contribution in [0.15, 0.2) is 41.4 Å². The molecule has 0 fully saturated rings. The fourth-order valence-corrected chi connectivity index (χ4v) is 4.38. The van der Waals surface area contributed by atoms with Crippen LogP contribution >= 0.6 is 0 Å². The number of nitrogens with zero attached hydrogens (tertiary/aromatic N) is 1. The van der Waals surface area contributed by atoms with E-state index >= 15 is 0 Å². The topological polar surface area (TPSA) is 108 Å². The maximum absolute atomic E-state index is 12.8. The largest absolute Gasteiger partial charge is 0.396 e. The Balaban J connectivity index is 1.78. The number of nitrogens with one attached hydrogen (secondary N) is 2. The minimum absolute atomic E-state index is 0.00307. The lowest BCUT2D eigenvalue weighted by Crippen LogP contribution is -2.30. The van der Waals surface area contributed by atoms with Crippen LogP contribution in [0.3, 0.4) is 0 Å². The summed E-state index contributed by atoms with van der Waals surface area (Å²) in [5.74, 6) is -0.255. The molecule has 0 spiro atoms. The van der Waals surface area contributed by atoms with Crippen molar-refractivity contribution in [2.75, 3.05) is 12.4 Å². The molecular formula is C21H27N3O4S. The zero-order valence-electron chi connectivity index (χ0n) is 16.7. The SMILES string of the molecule is CC[C@@H]1NCc2cc(C(=O)N[C@@H](CCO)c3ccc(S(=O)(=O)CC)cn3)ccc21. The van der Waals surface area contributed by atoms with Crippen molar-refractivity contribution in [3.63, 3.8) is 0 Å². The number of pyridine rings is 1. The second-order valence-electron chi connectivity index (χ2n) is 7.12. The molecule has 29 heavy (non-hydrogen) atoms. The number of carbonyl (C=O) groups is 1. The highest BCUT2D eigenvalue weighted by Crippen LogP contribution is 2.28. The minimum atomic E-state index is -3.34. The molecule has 7 nitrogen and oxygen atoms in total. The minimum Gasteiger partial charge on any atom is -0.396 e. The molecule has 156 valence electrons. The fourth-order valence-electron chi connectivity index (χ4n) is 3.56. The number of aliphatic hydroxyl groups is 1. The Morgan fingerprint density at radius 1 is 1.31 bits per heavy atom. The molecule has 8 heteroatoms. The molecule has 0 radical (unpaired) electrons. The van der Waals surface area contributed by atoms with Crippen LogP contribution in [-0.2, 0) is 16.4 Å². The number of hydrogen-bond donors (Lipinski definition) is 3. The summed E-state index contributed by atoms with van der Waals surface area (Å²) in [4.78, 5) is 17.2. The first kappa shape index (κ1) is 21.4. The van der Waals surface area contributed by atoms with Crippen LogP contribution in [0.25, 0.3) is 0 Å². The van der Waals surface area contributed by atoms with Crippen molar-refractivity contribution < 1.29 is 18.3 Å². The summed E-state index contributed by atoms with van der Waals surface area (Å²) in [6, 6.07) is 8.58. The highest BCUT2D eigenvalue weighted by Gasteiger charge is 2.23. The molecule has 0 aliphatic carbocycles. The Labute approximate surface area is 171 Å². The van der Waals surface area contributed by atoms with Crippen molar-refractivity contribution in [3.8, 4) is 0 Å². The quantitative estimate of drug-likeness (QED) is 0.608. The Bertz CT molecular complexity index is 974.